The predicted molar refractivity (Wildman–Crippen MR) is 39.1 cm³/mol. The second kappa shape index (κ2) is 3.48. The van der Waals surface area contributed by atoms with Crippen LogP contribution in [0.1, 0.15) is 13.8 Å². The van der Waals surface area contributed by atoms with E-state index in [9.17, 15) is 14.9 Å². The number of hydrogen-bond donors (Lipinski definition) is 1. The van der Waals surface area contributed by atoms with Gasteiger partial charge in [-0.1, -0.05) is 0 Å². The zero-order valence-corrected chi connectivity index (χ0v) is 7.10. The van der Waals surface area contributed by atoms with Crippen LogP contribution in [-0.2, 0) is 9.53 Å². The summed E-state index contributed by atoms with van der Waals surface area (Å²) in [6, 6.07) is 0. The van der Waals surface area contributed by atoms with Crippen molar-refractivity contribution in [2.75, 3.05) is 7.11 Å². The molecule has 0 aromatic rings. The van der Waals surface area contributed by atoms with E-state index in [1.807, 2.05) is 0 Å². The summed E-state index contributed by atoms with van der Waals surface area (Å²) in [5, 5.41) is 19.4. The van der Waals surface area contributed by atoms with Gasteiger partial charge in [0.1, 0.15) is 0 Å². The Morgan fingerprint density at radius 1 is 1.67 bits per heavy atom. The first kappa shape index (κ1) is 10.8. The van der Waals surface area contributed by atoms with Crippen molar-refractivity contribution in [3.05, 3.63) is 10.1 Å². The van der Waals surface area contributed by atoms with Gasteiger partial charge in [0, 0.05) is 18.8 Å². The van der Waals surface area contributed by atoms with Crippen molar-refractivity contribution in [3.63, 3.8) is 0 Å². The highest BCUT2D eigenvalue weighted by molar-refractivity contribution is 5.75. The third-order valence-corrected chi connectivity index (χ3v) is 1.56. The smallest absolute Gasteiger partial charge is 0.342 e. The third-order valence-electron chi connectivity index (χ3n) is 1.56. The highest BCUT2D eigenvalue weighted by Crippen LogP contribution is 2.14. The molecular formula is C6H11NO5. The highest BCUT2D eigenvalue weighted by Gasteiger charge is 2.45. The van der Waals surface area contributed by atoms with Crippen molar-refractivity contribution in [2.45, 2.75) is 25.5 Å². The number of aliphatic hydroxyl groups excluding tert-OH is 1. The van der Waals surface area contributed by atoms with Crippen LogP contribution in [0.3, 0.4) is 0 Å². The highest BCUT2D eigenvalue weighted by atomic mass is 16.6. The monoisotopic (exact) mass is 177 g/mol. The molecule has 0 aromatic carbocycles. The van der Waals surface area contributed by atoms with Crippen LogP contribution >= 0.6 is 0 Å². The molecule has 0 radical (unpaired) electrons. The Morgan fingerprint density at radius 3 is 2.33 bits per heavy atom. The summed E-state index contributed by atoms with van der Waals surface area (Å²) in [6.45, 7) is 2.29. The van der Waals surface area contributed by atoms with E-state index in [2.05, 4.69) is 4.74 Å². The van der Waals surface area contributed by atoms with Gasteiger partial charge in [0.05, 0.1) is 7.11 Å². The minimum absolute atomic E-state index is 0.728. The van der Waals surface area contributed by atoms with Crippen LogP contribution in [0.5, 0.6) is 0 Å². The Balaban J connectivity index is 4.56. The number of carbonyl (C=O) groups is 1. The molecule has 6 nitrogen and oxygen atoms in total. The van der Waals surface area contributed by atoms with E-state index in [1.165, 1.54) is 0 Å². The molecule has 1 N–H and O–H groups in total. The fourth-order valence-corrected chi connectivity index (χ4v) is 0.500. The molecule has 1 atom stereocenters. The number of nitro groups is 1. The van der Waals surface area contributed by atoms with Gasteiger partial charge in [-0.05, 0) is 0 Å². The second-order valence-corrected chi connectivity index (χ2v) is 2.84. The summed E-state index contributed by atoms with van der Waals surface area (Å²) in [6.07, 6.45) is -1.74. The number of ether oxygens (including phenoxy) is 1. The summed E-state index contributed by atoms with van der Waals surface area (Å²) >= 11 is 0. The fourth-order valence-electron chi connectivity index (χ4n) is 0.500. The van der Waals surface area contributed by atoms with Gasteiger partial charge in [0.2, 0.25) is 6.10 Å². The number of nitrogens with zero attached hydrogens (tertiary/aromatic N) is 1. The largest absolute Gasteiger partial charge is 0.467 e. The summed E-state index contributed by atoms with van der Waals surface area (Å²) in [4.78, 5) is 20.3. The minimum Gasteiger partial charge on any atom is -0.467 e. The number of methoxy groups -OCH3 is 1. The van der Waals surface area contributed by atoms with Crippen LogP contribution in [0.4, 0.5) is 0 Å². The predicted octanol–water partition coefficient (Wildman–Crippen LogP) is -0.424. The van der Waals surface area contributed by atoms with E-state index >= 15 is 0 Å². The zero-order chi connectivity index (χ0) is 9.94. The molecular weight excluding hydrogens is 166 g/mol. The third kappa shape index (κ3) is 1.91. The first-order valence-electron chi connectivity index (χ1n) is 3.24. The van der Waals surface area contributed by atoms with Crippen molar-refractivity contribution in [2.24, 2.45) is 0 Å². The molecule has 0 spiro atoms. The maximum Gasteiger partial charge on any atom is 0.342 e. The summed E-state index contributed by atoms with van der Waals surface area (Å²) < 4.78 is 4.16. The Kier molecular flexibility index (Phi) is 3.15. The van der Waals surface area contributed by atoms with Crippen molar-refractivity contribution in [3.8, 4) is 0 Å². The fraction of sp³-hybridized carbons (Fsp3) is 0.833. The van der Waals surface area contributed by atoms with Crippen LogP contribution in [0.2, 0.25) is 0 Å². The van der Waals surface area contributed by atoms with E-state index in [0.717, 1.165) is 21.0 Å². The molecule has 0 fully saturated rings. The summed E-state index contributed by atoms with van der Waals surface area (Å²) in [5.41, 5.74) is -1.72. The number of esters is 1. The van der Waals surface area contributed by atoms with Gasteiger partial charge in [0.15, 0.2) is 0 Å². The average molecular weight is 177 g/mol. The lowest BCUT2D eigenvalue weighted by molar-refractivity contribution is -0.570. The molecule has 0 heterocycles. The molecule has 0 rings (SSSR count). The minimum atomic E-state index is -1.74. The van der Waals surface area contributed by atoms with Gasteiger partial charge in [0.25, 0.3) is 5.54 Å². The van der Waals surface area contributed by atoms with Crippen LogP contribution in [0.15, 0.2) is 0 Å². The number of aliphatic hydroxyl groups is 1. The molecule has 0 saturated heterocycles. The molecule has 1 unspecified atom stereocenters. The van der Waals surface area contributed by atoms with E-state index in [4.69, 9.17) is 5.11 Å². The van der Waals surface area contributed by atoms with E-state index in [-0.39, 0.29) is 0 Å². The summed E-state index contributed by atoms with van der Waals surface area (Å²) in [7, 11) is 1.06. The van der Waals surface area contributed by atoms with Gasteiger partial charge in [-0.15, -0.1) is 0 Å². The topological polar surface area (TPSA) is 89.7 Å². The Labute approximate surface area is 69.3 Å². The lowest BCUT2D eigenvalue weighted by atomic mass is 9.99. The molecule has 0 aliphatic heterocycles. The van der Waals surface area contributed by atoms with Gasteiger partial charge in [-0.3, -0.25) is 10.1 Å². The van der Waals surface area contributed by atoms with E-state index in [1.54, 1.807) is 0 Å². The maximum atomic E-state index is 10.7. The molecule has 0 aliphatic carbocycles. The van der Waals surface area contributed by atoms with Crippen molar-refractivity contribution >= 4 is 5.97 Å². The lowest BCUT2D eigenvalue weighted by Gasteiger charge is -2.19. The van der Waals surface area contributed by atoms with E-state index in [0.29, 0.717) is 0 Å². The Morgan fingerprint density at radius 2 is 2.08 bits per heavy atom. The molecule has 0 amide bonds. The molecule has 70 valence electrons. The molecule has 6 heteroatoms. The van der Waals surface area contributed by atoms with Gasteiger partial charge in [-0.2, -0.15) is 0 Å². The second-order valence-electron chi connectivity index (χ2n) is 2.84. The van der Waals surface area contributed by atoms with Crippen molar-refractivity contribution < 1.29 is 19.6 Å². The van der Waals surface area contributed by atoms with Crippen LogP contribution in [0.25, 0.3) is 0 Å². The SMILES string of the molecule is COC(=O)C(O)C(C)(C)[N+](=O)[O-]. The molecule has 0 aromatic heterocycles. The quantitative estimate of drug-likeness (QED) is 0.359. The number of hydrogen-bond acceptors (Lipinski definition) is 5. The summed E-state index contributed by atoms with van der Waals surface area (Å²) in [5.74, 6) is -1.00. The lowest BCUT2D eigenvalue weighted by Crippen LogP contribution is -2.48. The van der Waals surface area contributed by atoms with Gasteiger partial charge < -0.3 is 9.84 Å². The molecule has 0 aliphatic rings. The van der Waals surface area contributed by atoms with Crippen molar-refractivity contribution in [1.82, 2.24) is 0 Å². The number of carbonyl (C=O) groups excluding carboxylic acids is 1. The Hall–Kier alpha value is -1.17. The maximum absolute atomic E-state index is 10.7. The molecule has 0 saturated carbocycles. The van der Waals surface area contributed by atoms with E-state index < -0.39 is 22.5 Å². The Bertz CT molecular complexity index is 200. The van der Waals surface area contributed by atoms with Gasteiger partial charge >= 0.3 is 5.97 Å². The normalized spacial score (nSPS) is 13.7. The average Bonchev–Trinajstić information content (AvgIpc) is 2.01. The van der Waals surface area contributed by atoms with Crippen LogP contribution in [-0.4, -0.2) is 34.8 Å². The number of rotatable bonds is 3. The first-order chi connectivity index (χ1) is 5.34. The van der Waals surface area contributed by atoms with Crippen LogP contribution in [0, 0.1) is 10.1 Å². The molecule has 12 heavy (non-hydrogen) atoms. The molecule has 0 bridgehead atoms. The van der Waals surface area contributed by atoms with Crippen LogP contribution < -0.4 is 0 Å². The van der Waals surface area contributed by atoms with Crippen molar-refractivity contribution in [1.29, 1.82) is 0 Å². The first-order valence-corrected chi connectivity index (χ1v) is 3.24. The van der Waals surface area contributed by atoms with Gasteiger partial charge in [-0.25, -0.2) is 4.79 Å². The standard InChI is InChI=1S/C6H11NO5/c1-6(2,7(10)11)4(8)5(9)12-3/h4,8H,1-3H3. The zero-order valence-electron chi connectivity index (χ0n) is 7.10.